The van der Waals surface area contributed by atoms with Crippen LogP contribution in [-0.2, 0) is 4.74 Å². The lowest BCUT2D eigenvalue weighted by Crippen LogP contribution is -2.52. The summed E-state index contributed by atoms with van der Waals surface area (Å²) in [6.07, 6.45) is 8.15. The predicted octanol–water partition coefficient (Wildman–Crippen LogP) is 2.54. The second kappa shape index (κ2) is 3.96. The zero-order valence-electron chi connectivity index (χ0n) is 10.6. The summed E-state index contributed by atoms with van der Waals surface area (Å²) in [5, 5.41) is 9.69. The predicted molar refractivity (Wildman–Crippen MR) is 67.5 cm³/mol. The number of aliphatic hydroxyl groups is 1. The first-order valence-electron chi connectivity index (χ1n) is 6.77. The second-order valence-corrected chi connectivity index (χ2v) is 5.97. The van der Waals surface area contributed by atoms with E-state index in [1.54, 1.807) is 0 Å². The summed E-state index contributed by atoms with van der Waals surface area (Å²) in [5.74, 6) is 1.71. The van der Waals surface area contributed by atoms with E-state index in [0.717, 1.165) is 13.0 Å². The molecule has 1 saturated carbocycles. The fourth-order valence-corrected chi connectivity index (χ4v) is 4.31. The molecule has 17 heavy (non-hydrogen) atoms. The van der Waals surface area contributed by atoms with E-state index in [1.807, 2.05) is 0 Å². The van der Waals surface area contributed by atoms with E-state index in [2.05, 4.69) is 25.7 Å². The number of hydrogen-bond donors (Lipinski definition) is 1. The molecule has 1 N–H and O–H groups in total. The molecule has 2 fully saturated rings. The van der Waals surface area contributed by atoms with Crippen LogP contribution in [0.4, 0.5) is 0 Å². The first-order chi connectivity index (χ1) is 8.19. The Kier molecular flexibility index (Phi) is 2.68. The molecule has 2 aliphatic carbocycles. The highest BCUT2D eigenvalue weighted by atomic mass is 16.5. The van der Waals surface area contributed by atoms with E-state index in [0.29, 0.717) is 23.7 Å². The van der Waals surface area contributed by atoms with Gasteiger partial charge in [-0.25, -0.2) is 0 Å². The second-order valence-electron chi connectivity index (χ2n) is 5.97. The van der Waals surface area contributed by atoms with Gasteiger partial charge in [0.15, 0.2) is 0 Å². The molecule has 1 heterocycles. The van der Waals surface area contributed by atoms with Crippen molar-refractivity contribution in [2.75, 3.05) is 13.2 Å². The average molecular weight is 234 g/mol. The van der Waals surface area contributed by atoms with Crippen LogP contribution in [0.15, 0.2) is 24.3 Å². The number of ether oxygens (including phenoxy) is 1. The number of aliphatic hydroxyl groups excluding tert-OH is 1. The van der Waals surface area contributed by atoms with E-state index in [-0.39, 0.29) is 12.2 Å². The fourth-order valence-electron chi connectivity index (χ4n) is 4.31. The van der Waals surface area contributed by atoms with Gasteiger partial charge in [0.2, 0.25) is 0 Å². The van der Waals surface area contributed by atoms with Crippen LogP contribution >= 0.6 is 0 Å². The molecule has 0 unspecified atom stereocenters. The van der Waals surface area contributed by atoms with Gasteiger partial charge in [0, 0.05) is 24.4 Å². The van der Waals surface area contributed by atoms with Crippen molar-refractivity contribution in [3.8, 4) is 0 Å². The smallest absolute Gasteiger partial charge is 0.0807 e. The van der Waals surface area contributed by atoms with Gasteiger partial charge in [0.25, 0.3) is 0 Å². The van der Waals surface area contributed by atoms with Crippen molar-refractivity contribution in [3.63, 3.8) is 0 Å². The van der Waals surface area contributed by atoms with Crippen molar-refractivity contribution in [1.29, 1.82) is 0 Å². The minimum Gasteiger partial charge on any atom is -0.396 e. The van der Waals surface area contributed by atoms with Crippen LogP contribution < -0.4 is 0 Å². The standard InChI is InChI=1S/C15H22O2/c1-10(2)12-4-3-7-15-13(12)6-5-11(9-17-15)14(15)8-16/h5-6,11-14,16H,1,3-4,7-9H2,2H3/t11-,12-,13-,14+,15-/m1/s1. The van der Waals surface area contributed by atoms with Crippen molar-refractivity contribution in [3.05, 3.63) is 24.3 Å². The van der Waals surface area contributed by atoms with Crippen molar-refractivity contribution < 1.29 is 9.84 Å². The third kappa shape index (κ3) is 1.47. The third-order valence-corrected chi connectivity index (χ3v) is 5.16. The van der Waals surface area contributed by atoms with E-state index < -0.39 is 0 Å². The lowest BCUT2D eigenvalue weighted by atomic mass is 9.58. The zero-order chi connectivity index (χ0) is 12.0. The lowest BCUT2D eigenvalue weighted by molar-refractivity contribution is -0.101. The number of rotatable bonds is 2. The molecule has 5 atom stereocenters. The number of fused-ring (bicyclic) bond motifs is 1. The van der Waals surface area contributed by atoms with E-state index in [9.17, 15) is 5.11 Å². The summed E-state index contributed by atoms with van der Waals surface area (Å²) in [6.45, 7) is 7.33. The summed E-state index contributed by atoms with van der Waals surface area (Å²) in [7, 11) is 0. The quantitative estimate of drug-likeness (QED) is 0.744. The molecular weight excluding hydrogens is 212 g/mol. The van der Waals surface area contributed by atoms with Gasteiger partial charge in [-0.3, -0.25) is 0 Å². The summed E-state index contributed by atoms with van der Waals surface area (Å²) in [6, 6.07) is 0. The van der Waals surface area contributed by atoms with Crippen LogP contribution in [0.5, 0.6) is 0 Å². The molecule has 2 heteroatoms. The van der Waals surface area contributed by atoms with Crippen LogP contribution in [0.1, 0.15) is 26.2 Å². The molecule has 0 aromatic heterocycles. The van der Waals surface area contributed by atoms with Gasteiger partial charge in [-0.2, -0.15) is 0 Å². The molecule has 2 nitrogen and oxygen atoms in total. The van der Waals surface area contributed by atoms with Crippen molar-refractivity contribution in [2.24, 2.45) is 23.7 Å². The Labute approximate surface area is 103 Å². The lowest BCUT2D eigenvalue weighted by Gasteiger charge is -2.49. The summed E-state index contributed by atoms with van der Waals surface area (Å²) in [4.78, 5) is 0. The van der Waals surface area contributed by atoms with Gasteiger partial charge in [-0.15, -0.1) is 0 Å². The molecule has 1 saturated heterocycles. The topological polar surface area (TPSA) is 29.5 Å². The van der Waals surface area contributed by atoms with Gasteiger partial charge in [0.1, 0.15) is 0 Å². The monoisotopic (exact) mass is 234 g/mol. The third-order valence-electron chi connectivity index (χ3n) is 5.16. The normalized spacial score (nSPS) is 47.9. The molecule has 94 valence electrons. The Morgan fingerprint density at radius 3 is 3.06 bits per heavy atom. The summed E-state index contributed by atoms with van der Waals surface area (Å²) >= 11 is 0. The average Bonchev–Trinajstić information content (AvgIpc) is 2.54. The van der Waals surface area contributed by atoms with E-state index >= 15 is 0 Å². The van der Waals surface area contributed by atoms with Crippen LogP contribution in [0.2, 0.25) is 0 Å². The maximum Gasteiger partial charge on any atom is 0.0807 e. The Bertz CT molecular complexity index is 360. The van der Waals surface area contributed by atoms with Crippen LogP contribution in [0.3, 0.4) is 0 Å². The van der Waals surface area contributed by atoms with Gasteiger partial charge < -0.3 is 9.84 Å². The highest BCUT2D eigenvalue weighted by Gasteiger charge is 2.57. The van der Waals surface area contributed by atoms with Crippen molar-refractivity contribution >= 4 is 0 Å². The largest absolute Gasteiger partial charge is 0.396 e. The molecule has 2 bridgehead atoms. The van der Waals surface area contributed by atoms with Gasteiger partial charge >= 0.3 is 0 Å². The summed E-state index contributed by atoms with van der Waals surface area (Å²) < 4.78 is 6.19. The maximum atomic E-state index is 9.69. The maximum absolute atomic E-state index is 9.69. The highest BCUT2D eigenvalue weighted by Crippen LogP contribution is 2.55. The molecule has 0 aromatic rings. The van der Waals surface area contributed by atoms with Crippen molar-refractivity contribution in [2.45, 2.75) is 31.8 Å². The first kappa shape index (κ1) is 11.5. The minimum absolute atomic E-state index is 0.0873. The van der Waals surface area contributed by atoms with Crippen LogP contribution in [-0.4, -0.2) is 23.9 Å². The van der Waals surface area contributed by atoms with Crippen LogP contribution in [0, 0.1) is 23.7 Å². The molecular formula is C15H22O2. The Hall–Kier alpha value is -0.600. The molecule has 1 aliphatic heterocycles. The molecule has 1 spiro atoms. The number of allylic oxidation sites excluding steroid dienone is 1. The molecule has 0 radical (unpaired) electrons. The number of hydrogen-bond acceptors (Lipinski definition) is 2. The van der Waals surface area contributed by atoms with Crippen molar-refractivity contribution in [1.82, 2.24) is 0 Å². The highest BCUT2D eigenvalue weighted by molar-refractivity contribution is 5.22. The van der Waals surface area contributed by atoms with Crippen LogP contribution in [0.25, 0.3) is 0 Å². The Morgan fingerprint density at radius 2 is 2.35 bits per heavy atom. The SMILES string of the molecule is C=C(C)[C@H]1CCC[C@@]23OC[C@@H](C=C[C@H]12)[C@@H]3CO. The fraction of sp³-hybridized carbons (Fsp3) is 0.733. The minimum atomic E-state index is -0.0873. The first-order valence-corrected chi connectivity index (χ1v) is 6.77. The van der Waals surface area contributed by atoms with Gasteiger partial charge in [-0.05, 0) is 32.1 Å². The molecule has 3 aliphatic rings. The molecule has 0 amide bonds. The van der Waals surface area contributed by atoms with Gasteiger partial charge in [-0.1, -0.05) is 24.3 Å². The Morgan fingerprint density at radius 1 is 1.53 bits per heavy atom. The van der Waals surface area contributed by atoms with E-state index in [1.165, 1.54) is 18.4 Å². The summed E-state index contributed by atoms with van der Waals surface area (Å²) in [5.41, 5.74) is 1.18. The van der Waals surface area contributed by atoms with E-state index in [4.69, 9.17) is 4.74 Å². The molecule has 3 rings (SSSR count). The molecule has 0 aromatic carbocycles. The van der Waals surface area contributed by atoms with Gasteiger partial charge in [0.05, 0.1) is 12.2 Å². The zero-order valence-corrected chi connectivity index (χ0v) is 10.6. The Balaban J connectivity index is 2.00.